The van der Waals surface area contributed by atoms with Gasteiger partial charge in [-0.1, -0.05) is 18.2 Å². The highest BCUT2D eigenvalue weighted by atomic mass is 19.4. The third-order valence-corrected chi connectivity index (χ3v) is 3.89. The van der Waals surface area contributed by atoms with E-state index in [1.807, 2.05) is 0 Å². The number of carboxylic acid groups (broad SMARTS) is 1. The van der Waals surface area contributed by atoms with Gasteiger partial charge < -0.3 is 10.2 Å². The molecule has 0 aliphatic heterocycles. The van der Waals surface area contributed by atoms with Crippen LogP contribution in [-0.2, 0) is 17.4 Å². The van der Waals surface area contributed by atoms with Crippen molar-refractivity contribution in [2.24, 2.45) is 0 Å². The number of phenols is 1. The van der Waals surface area contributed by atoms with Crippen molar-refractivity contribution in [2.75, 3.05) is 0 Å². The Bertz CT molecular complexity index is 1010. The van der Waals surface area contributed by atoms with Gasteiger partial charge in [0, 0.05) is 17.1 Å². The molecule has 0 spiro atoms. The fraction of sp³-hybridized carbons (Fsp3) is 0.111. The minimum atomic E-state index is -4.92. The monoisotopic (exact) mass is 363 g/mol. The van der Waals surface area contributed by atoms with Gasteiger partial charge in [0.05, 0.1) is 11.9 Å². The first-order chi connectivity index (χ1) is 12.2. The number of hydrogen-bond donors (Lipinski definition) is 2. The molecule has 3 aromatic rings. The smallest absolute Gasteiger partial charge is 0.420 e. The van der Waals surface area contributed by atoms with Crippen molar-refractivity contribution in [3.63, 3.8) is 0 Å². The second-order valence-electron chi connectivity index (χ2n) is 5.62. The van der Waals surface area contributed by atoms with Gasteiger partial charge in [-0.25, -0.2) is 0 Å². The summed E-state index contributed by atoms with van der Waals surface area (Å²) in [5, 5.41) is 18.2. The molecule has 1 heterocycles. The first-order valence-corrected chi connectivity index (χ1v) is 7.44. The number of benzene rings is 2. The molecule has 0 unspecified atom stereocenters. The number of carboxylic acids is 1. The molecule has 26 heavy (non-hydrogen) atoms. The summed E-state index contributed by atoms with van der Waals surface area (Å²) in [6.45, 7) is 0. The van der Waals surface area contributed by atoms with E-state index in [0.29, 0.717) is 0 Å². The molecule has 2 aromatic carbocycles. The lowest BCUT2D eigenvalue weighted by molar-refractivity contribution is -0.138. The van der Waals surface area contributed by atoms with Crippen molar-refractivity contribution in [3.05, 3.63) is 65.4 Å². The van der Waals surface area contributed by atoms with Crippen LogP contribution in [-0.4, -0.2) is 26.7 Å². The zero-order valence-electron chi connectivity index (χ0n) is 13.1. The molecule has 134 valence electrons. The number of fused-ring (bicyclic) bond motifs is 1. The average molecular weight is 363 g/mol. The van der Waals surface area contributed by atoms with Gasteiger partial charge in [-0.2, -0.15) is 13.2 Å². The van der Waals surface area contributed by atoms with E-state index in [1.165, 1.54) is 12.1 Å². The first kappa shape index (κ1) is 17.5. The standard InChI is InChI=1S/C18H12F3NO4/c19-18(20,21)16-13(23)7-6-12-15(16)11(8-14(24)25)9-22(12)17(26)10-4-2-1-3-5-10/h1-7,9,23H,8H2,(H,24,25). The summed E-state index contributed by atoms with van der Waals surface area (Å²) in [7, 11) is 0. The van der Waals surface area contributed by atoms with Crippen molar-refractivity contribution in [3.8, 4) is 5.75 Å². The van der Waals surface area contributed by atoms with Crippen LogP contribution in [0.15, 0.2) is 48.7 Å². The molecule has 0 bridgehead atoms. The van der Waals surface area contributed by atoms with Gasteiger partial charge in [0.2, 0.25) is 0 Å². The number of halogens is 3. The van der Waals surface area contributed by atoms with Crippen LogP contribution in [0, 0.1) is 0 Å². The fourth-order valence-corrected chi connectivity index (χ4v) is 2.87. The number of aliphatic carboxylic acids is 1. The lowest BCUT2D eigenvalue weighted by atomic mass is 10.0. The maximum Gasteiger partial charge on any atom is 0.420 e. The third kappa shape index (κ3) is 3.01. The van der Waals surface area contributed by atoms with Crippen molar-refractivity contribution in [1.29, 1.82) is 0 Å². The van der Waals surface area contributed by atoms with Crippen molar-refractivity contribution in [1.82, 2.24) is 4.57 Å². The number of carbonyl (C=O) groups excluding carboxylic acids is 1. The molecule has 0 radical (unpaired) electrons. The molecule has 0 saturated heterocycles. The molecule has 0 saturated carbocycles. The normalized spacial score (nSPS) is 11.7. The summed E-state index contributed by atoms with van der Waals surface area (Å²) in [5.74, 6) is -2.99. The number of alkyl halides is 3. The molecular weight excluding hydrogens is 351 g/mol. The van der Waals surface area contributed by atoms with Crippen molar-refractivity contribution >= 4 is 22.8 Å². The highest BCUT2D eigenvalue weighted by Gasteiger charge is 2.38. The van der Waals surface area contributed by atoms with E-state index in [9.17, 15) is 27.9 Å². The van der Waals surface area contributed by atoms with E-state index in [4.69, 9.17) is 5.11 Å². The predicted octanol–water partition coefficient (Wildman–Crippen LogP) is 3.68. The lowest BCUT2D eigenvalue weighted by Gasteiger charge is -2.12. The quantitative estimate of drug-likeness (QED) is 0.744. The van der Waals surface area contributed by atoms with Crippen molar-refractivity contribution < 1.29 is 33.0 Å². The molecule has 5 nitrogen and oxygen atoms in total. The van der Waals surface area contributed by atoms with Gasteiger partial charge in [-0.3, -0.25) is 14.2 Å². The number of rotatable bonds is 3. The minimum Gasteiger partial charge on any atom is -0.507 e. The van der Waals surface area contributed by atoms with Gasteiger partial charge in [-0.15, -0.1) is 0 Å². The Morgan fingerprint density at radius 1 is 1.04 bits per heavy atom. The van der Waals surface area contributed by atoms with E-state index in [1.54, 1.807) is 18.2 Å². The fourth-order valence-electron chi connectivity index (χ4n) is 2.87. The van der Waals surface area contributed by atoms with Crippen LogP contribution in [0.2, 0.25) is 0 Å². The predicted molar refractivity (Wildman–Crippen MR) is 86.1 cm³/mol. The van der Waals surface area contributed by atoms with Crippen molar-refractivity contribution in [2.45, 2.75) is 12.6 Å². The average Bonchev–Trinajstić information content (AvgIpc) is 2.91. The Hall–Kier alpha value is -3.29. The summed E-state index contributed by atoms with van der Waals surface area (Å²) in [6.07, 6.45) is -4.57. The number of phenolic OH excluding ortho intramolecular Hbond substituents is 1. The Morgan fingerprint density at radius 3 is 2.27 bits per heavy atom. The van der Waals surface area contributed by atoms with Crippen LogP contribution in [0.5, 0.6) is 5.75 Å². The summed E-state index contributed by atoms with van der Waals surface area (Å²) in [4.78, 5) is 23.7. The van der Waals surface area contributed by atoms with Gasteiger partial charge >= 0.3 is 12.1 Å². The van der Waals surface area contributed by atoms with E-state index in [2.05, 4.69) is 0 Å². The van der Waals surface area contributed by atoms with E-state index < -0.39 is 41.2 Å². The van der Waals surface area contributed by atoms with Crippen LogP contribution < -0.4 is 0 Å². The van der Waals surface area contributed by atoms with Crippen LogP contribution in [0.4, 0.5) is 13.2 Å². The second-order valence-corrected chi connectivity index (χ2v) is 5.62. The molecule has 0 amide bonds. The number of carbonyl (C=O) groups is 2. The van der Waals surface area contributed by atoms with Crippen LogP contribution in [0.3, 0.4) is 0 Å². The van der Waals surface area contributed by atoms with Gasteiger partial charge in [0.15, 0.2) is 0 Å². The minimum absolute atomic E-state index is 0.125. The zero-order chi connectivity index (χ0) is 19.1. The van der Waals surface area contributed by atoms with Gasteiger partial charge in [0.1, 0.15) is 11.3 Å². The van der Waals surface area contributed by atoms with Crippen LogP contribution in [0.1, 0.15) is 21.5 Å². The number of aromatic nitrogens is 1. The summed E-state index contributed by atoms with van der Waals surface area (Å²) in [5.41, 5.74) is -1.46. The van der Waals surface area contributed by atoms with Gasteiger partial charge in [0.25, 0.3) is 5.91 Å². The topological polar surface area (TPSA) is 79.5 Å². The van der Waals surface area contributed by atoms with Crippen LogP contribution in [0.25, 0.3) is 10.9 Å². The first-order valence-electron chi connectivity index (χ1n) is 7.44. The highest BCUT2D eigenvalue weighted by Crippen LogP contribution is 2.42. The van der Waals surface area contributed by atoms with Crippen LogP contribution >= 0.6 is 0 Å². The molecule has 3 rings (SSSR count). The van der Waals surface area contributed by atoms with E-state index >= 15 is 0 Å². The summed E-state index contributed by atoms with van der Waals surface area (Å²) in [6, 6.07) is 9.87. The molecule has 0 atom stereocenters. The Morgan fingerprint density at radius 2 is 1.69 bits per heavy atom. The molecule has 0 fully saturated rings. The number of hydrogen-bond acceptors (Lipinski definition) is 3. The second kappa shape index (κ2) is 6.21. The summed E-state index contributed by atoms with van der Waals surface area (Å²) < 4.78 is 41.3. The molecule has 0 aliphatic rings. The molecule has 0 aliphatic carbocycles. The molecular formula is C18H12F3NO4. The third-order valence-electron chi connectivity index (χ3n) is 3.89. The Labute approximate surface area is 144 Å². The molecule has 8 heteroatoms. The Balaban J connectivity index is 2.33. The SMILES string of the molecule is O=C(O)Cc1cn(C(=O)c2ccccc2)c2ccc(O)c(C(F)(F)F)c12. The largest absolute Gasteiger partial charge is 0.507 e. The zero-order valence-corrected chi connectivity index (χ0v) is 13.1. The lowest BCUT2D eigenvalue weighted by Crippen LogP contribution is -2.11. The molecule has 2 N–H and O–H groups in total. The van der Waals surface area contributed by atoms with Gasteiger partial charge in [-0.05, 0) is 29.8 Å². The maximum atomic E-state index is 13.4. The van der Waals surface area contributed by atoms with E-state index in [0.717, 1.165) is 22.9 Å². The molecule has 1 aromatic heterocycles. The highest BCUT2D eigenvalue weighted by molar-refractivity contribution is 6.04. The van der Waals surface area contributed by atoms with E-state index in [-0.39, 0.29) is 16.6 Å². The number of aromatic hydroxyl groups is 1. The Kier molecular flexibility index (Phi) is 4.19. The maximum absolute atomic E-state index is 13.4. The number of nitrogens with zero attached hydrogens (tertiary/aromatic N) is 1. The summed E-state index contributed by atoms with van der Waals surface area (Å²) >= 11 is 0.